The summed E-state index contributed by atoms with van der Waals surface area (Å²) in [5.74, 6) is -1.10. The van der Waals surface area contributed by atoms with Crippen molar-refractivity contribution in [2.45, 2.75) is 6.54 Å². The van der Waals surface area contributed by atoms with Gasteiger partial charge in [-0.25, -0.2) is 4.79 Å². The van der Waals surface area contributed by atoms with Gasteiger partial charge in [-0.15, -0.1) is 0 Å². The fourth-order valence-corrected chi connectivity index (χ4v) is 2.57. The predicted octanol–water partition coefficient (Wildman–Crippen LogP) is 1.61. The number of methoxy groups -OCH3 is 1. The fourth-order valence-electron chi connectivity index (χ4n) is 2.57. The van der Waals surface area contributed by atoms with Gasteiger partial charge in [-0.2, -0.15) is 0 Å². The number of benzene rings is 1. The highest BCUT2D eigenvalue weighted by Gasteiger charge is 2.35. The third-order valence-electron chi connectivity index (χ3n) is 3.82. The maximum absolute atomic E-state index is 12.3. The van der Waals surface area contributed by atoms with Crippen molar-refractivity contribution in [3.8, 4) is 0 Å². The molecule has 2 heterocycles. The van der Waals surface area contributed by atoms with Crippen LogP contribution < -0.4 is 0 Å². The van der Waals surface area contributed by atoms with E-state index >= 15 is 0 Å². The highest BCUT2D eigenvalue weighted by atomic mass is 16.5. The van der Waals surface area contributed by atoms with Crippen LogP contribution in [0.2, 0.25) is 0 Å². The van der Waals surface area contributed by atoms with E-state index in [1.807, 2.05) is 0 Å². The first kappa shape index (κ1) is 14.1. The van der Waals surface area contributed by atoms with Crippen molar-refractivity contribution in [3.05, 3.63) is 58.9 Å². The Hall–Kier alpha value is -2.89. The van der Waals surface area contributed by atoms with Gasteiger partial charge in [0.2, 0.25) is 0 Å². The molecule has 0 saturated heterocycles. The van der Waals surface area contributed by atoms with Crippen molar-refractivity contribution in [1.82, 2.24) is 9.47 Å². The molecule has 1 aliphatic heterocycles. The molecular weight excluding hydrogens is 284 g/mol. The second-order valence-corrected chi connectivity index (χ2v) is 5.00. The minimum atomic E-state index is -0.462. The van der Waals surface area contributed by atoms with Gasteiger partial charge >= 0.3 is 5.97 Å². The summed E-state index contributed by atoms with van der Waals surface area (Å²) in [5.41, 5.74) is 1.87. The van der Waals surface area contributed by atoms with Crippen molar-refractivity contribution in [2.75, 3.05) is 7.11 Å². The van der Waals surface area contributed by atoms with Crippen molar-refractivity contribution < 1.29 is 19.1 Å². The van der Waals surface area contributed by atoms with E-state index in [0.29, 0.717) is 22.5 Å². The molecule has 0 saturated carbocycles. The molecule has 112 valence electrons. The first-order valence-electron chi connectivity index (χ1n) is 6.72. The Balaban J connectivity index is 1.90. The number of imide groups is 1. The lowest BCUT2D eigenvalue weighted by Crippen LogP contribution is -2.30. The van der Waals surface area contributed by atoms with E-state index in [-0.39, 0.29) is 18.4 Å². The van der Waals surface area contributed by atoms with Gasteiger partial charge in [0.15, 0.2) is 0 Å². The van der Waals surface area contributed by atoms with Crippen LogP contribution >= 0.6 is 0 Å². The summed E-state index contributed by atoms with van der Waals surface area (Å²) in [4.78, 5) is 37.4. The van der Waals surface area contributed by atoms with E-state index in [1.54, 1.807) is 48.0 Å². The Kier molecular flexibility index (Phi) is 3.29. The van der Waals surface area contributed by atoms with Crippen LogP contribution in [0.5, 0.6) is 0 Å². The molecule has 0 atom stereocenters. The Morgan fingerprint density at radius 1 is 1.05 bits per heavy atom. The molecule has 0 spiro atoms. The van der Waals surface area contributed by atoms with Gasteiger partial charge in [-0.05, 0) is 24.3 Å². The Morgan fingerprint density at radius 2 is 1.64 bits per heavy atom. The number of carbonyl (C=O) groups excluding carboxylic acids is 3. The summed E-state index contributed by atoms with van der Waals surface area (Å²) in [7, 11) is 3.00. The third kappa shape index (κ3) is 2.00. The van der Waals surface area contributed by atoms with Crippen LogP contribution in [-0.4, -0.2) is 34.4 Å². The number of nitrogens with zero attached hydrogens (tertiary/aromatic N) is 2. The number of amides is 2. The predicted molar refractivity (Wildman–Crippen MR) is 77.4 cm³/mol. The molecule has 2 aromatic rings. The van der Waals surface area contributed by atoms with Crippen LogP contribution in [-0.2, 0) is 18.3 Å². The van der Waals surface area contributed by atoms with E-state index < -0.39 is 5.97 Å². The van der Waals surface area contributed by atoms with Crippen molar-refractivity contribution in [1.29, 1.82) is 0 Å². The average Bonchev–Trinajstić information content (AvgIpc) is 3.01. The van der Waals surface area contributed by atoms with Gasteiger partial charge < -0.3 is 9.30 Å². The van der Waals surface area contributed by atoms with Crippen LogP contribution in [0.15, 0.2) is 36.4 Å². The highest BCUT2D eigenvalue weighted by Crippen LogP contribution is 2.24. The van der Waals surface area contributed by atoms with Crippen molar-refractivity contribution in [2.24, 2.45) is 7.05 Å². The van der Waals surface area contributed by atoms with Crippen LogP contribution in [0, 0.1) is 0 Å². The molecule has 2 amide bonds. The van der Waals surface area contributed by atoms with Gasteiger partial charge in [-0.3, -0.25) is 14.5 Å². The largest absolute Gasteiger partial charge is 0.464 e. The van der Waals surface area contributed by atoms with Gasteiger partial charge in [0.05, 0.1) is 24.8 Å². The van der Waals surface area contributed by atoms with E-state index in [2.05, 4.69) is 4.74 Å². The molecule has 1 aromatic heterocycles. The standard InChI is InChI=1S/C16H14N2O4/c1-17-10(7-8-13(17)16(21)22-2)9-18-14(19)11-5-3-4-6-12(11)15(18)20/h3-8H,9H2,1-2H3. The minimum Gasteiger partial charge on any atom is -0.464 e. The molecule has 6 heteroatoms. The van der Waals surface area contributed by atoms with Gasteiger partial charge in [-0.1, -0.05) is 12.1 Å². The number of esters is 1. The summed E-state index contributed by atoms with van der Waals surface area (Å²) < 4.78 is 6.31. The molecule has 3 rings (SSSR count). The van der Waals surface area contributed by atoms with Crippen LogP contribution in [0.4, 0.5) is 0 Å². The minimum absolute atomic E-state index is 0.111. The molecule has 0 aliphatic carbocycles. The Bertz CT molecular complexity index is 756. The molecule has 6 nitrogen and oxygen atoms in total. The summed E-state index contributed by atoms with van der Waals surface area (Å²) in [6.07, 6.45) is 0. The highest BCUT2D eigenvalue weighted by molar-refractivity contribution is 6.21. The van der Waals surface area contributed by atoms with E-state index in [4.69, 9.17) is 0 Å². The van der Waals surface area contributed by atoms with Crippen LogP contribution in [0.1, 0.15) is 36.9 Å². The number of ether oxygens (including phenoxy) is 1. The summed E-state index contributed by atoms with van der Waals surface area (Å²) in [6.45, 7) is 0.111. The maximum atomic E-state index is 12.3. The zero-order valence-corrected chi connectivity index (χ0v) is 12.2. The third-order valence-corrected chi connectivity index (χ3v) is 3.82. The van der Waals surface area contributed by atoms with Crippen LogP contribution in [0.25, 0.3) is 0 Å². The fraction of sp³-hybridized carbons (Fsp3) is 0.188. The zero-order valence-electron chi connectivity index (χ0n) is 12.2. The quantitative estimate of drug-likeness (QED) is 0.637. The monoisotopic (exact) mass is 298 g/mol. The first-order valence-corrected chi connectivity index (χ1v) is 6.72. The molecule has 1 aromatic carbocycles. The van der Waals surface area contributed by atoms with E-state index in [9.17, 15) is 14.4 Å². The molecule has 0 fully saturated rings. The first-order chi connectivity index (χ1) is 10.5. The number of hydrogen-bond acceptors (Lipinski definition) is 4. The topological polar surface area (TPSA) is 68.6 Å². The number of rotatable bonds is 3. The zero-order chi connectivity index (χ0) is 15.9. The molecule has 0 bridgehead atoms. The van der Waals surface area contributed by atoms with Crippen molar-refractivity contribution in [3.63, 3.8) is 0 Å². The van der Waals surface area contributed by atoms with E-state index in [1.165, 1.54) is 12.0 Å². The van der Waals surface area contributed by atoms with Crippen molar-refractivity contribution >= 4 is 17.8 Å². The van der Waals surface area contributed by atoms with E-state index in [0.717, 1.165) is 0 Å². The molecule has 22 heavy (non-hydrogen) atoms. The summed E-state index contributed by atoms with van der Waals surface area (Å²) in [5, 5.41) is 0. The Morgan fingerprint density at radius 3 is 2.18 bits per heavy atom. The SMILES string of the molecule is COC(=O)c1ccc(CN2C(=O)c3ccccc3C2=O)n1C. The lowest BCUT2D eigenvalue weighted by molar-refractivity contribution is 0.0589. The smallest absolute Gasteiger partial charge is 0.354 e. The molecule has 0 unspecified atom stereocenters. The van der Waals surface area contributed by atoms with Gasteiger partial charge in [0.1, 0.15) is 5.69 Å². The van der Waals surface area contributed by atoms with Gasteiger partial charge in [0, 0.05) is 12.7 Å². The summed E-state index contributed by atoms with van der Waals surface area (Å²) >= 11 is 0. The maximum Gasteiger partial charge on any atom is 0.354 e. The number of fused-ring (bicyclic) bond motifs is 1. The summed E-state index contributed by atoms with van der Waals surface area (Å²) in [6, 6.07) is 10.0. The van der Waals surface area contributed by atoms with Crippen LogP contribution in [0.3, 0.4) is 0 Å². The number of carbonyl (C=O) groups is 3. The van der Waals surface area contributed by atoms with Gasteiger partial charge in [0.25, 0.3) is 11.8 Å². The second-order valence-electron chi connectivity index (χ2n) is 5.00. The molecular formula is C16H14N2O4. The molecule has 1 aliphatic rings. The molecule has 0 N–H and O–H groups in total. The lowest BCUT2D eigenvalue weighted by atomic mass is 10.1. The normalized spacial score (nSPS) is 13.5. The average molecular weight is 298 g/mol. The molecule has 0 radical (unpaired) electrons. The lowest BCUT2D eigenvalue weighted by Gasteiger charge is -2.15. The number of aromatic nitrogens is 1. The Labute approximate surface area is 126 Å². The second kappa shape index (κ2) is 5.14. The number of hydrogen-bond donors (Lipinski definition) is 0.